The summed E-state index contributed by atoms with van der Waals surface area (Å²) in [6.07, 6.45) is 2.00. The van der Waals surface area contributed by atoms with E-state index < -0.39 is 16.7 Å². The number of piperidine rings is 1. The summed E-state index contributed by atoms with van der Waals surface area (Å²) in [4.78, 5) is 25.0. The molecule has 7 nitrogen and oxygen atoms in total. The highest BCUT2D eigenvalue weighted by Gasteiger charge is 2.35. The van der Waals surface area contributed by atoms with Gasteiger partial charge in [-0.25, -0.2) is 4.39 Å². The summed E-state index contributed by atoms with van der Waals surface area (Å²) in [6, 6.07) is 4.18. The Hall–Kier alpha value is -2.22. The zero-order valence-corrected chi connectivity index (χ0v) is 13.2. The first-order valence-corrected chi connectivity index (χ1v) is 8.09. The number of carboxylic acids is 1. The minimum absolute atomic E-state index is 0.226. The van der Waals surface area contributed by atoms with Crippen molar-refractivity contribution < 1.29 is 19.2 Å². The van der Waals surface area contributed by atoms with Crippen molar-refractivity contribution in [2.75, 3.05) is 31.1 Å². The maximum Gasteiger partial charge on any atom is 0.303 e. The van der Waals surface area contributed by atoms with Crippen molar-refractivity contribution in [1.29, 1.82) is 0 Å². The lowest BCUT2D eigenvalue weighted by Crippen LogP contribution is -2.55. The first kappa shape index (κ1) is 16.6. The van der Waals surface area contributed by atoms with Crippen molar-refractivity contribution in [3.05, 3.63) is 34.1 Å². The number of nitro groups is 1. The van der Waals surface area contributed by atoms with Gasteiger partial charge < -0.3 is 10.0 Å². The van der Waals surface area contributed by atoms with Crippen LogP contribution in [0.1, 0.15) is 19.3 Å². The standard InChI is InChI=1S/C16H20FN3O4/c17-14-8-13(20(23)24)1-2-15(14)18-5-3-12(4-6-18)19-9-11(10-19)7-16(21)22/h1-2,8,11-12H,3-7,9-10H2,(H,21,22). The number of hydrogen-bond acceptors (Lipinski definition) is 5. The molecule has 3 rings (SSSR count). The largest absolute Gasteiger partial charge is 0.481 e. The van der Waals surface area contributed by atoms with E-state index in [0.29, 0.717) is 24.8 Å². The highest BCUT2D eigenvalue weighted by atomic mass is 19.1. The number of nitrogens with zero attached hydrogens (tertiary/aromatic N) is 3. The van der Waals surface area contributed by atoms with Crippen LogP contribution in [-0.2, 0) is 4.79 Å². The first-order chi connectivity index (χ1) is 11.4. The molecule has 0 aliphatic carbocycles. The van der Waals surface area contributed by atoms with Gasteiger partial charge >= 0.3 is 5.97 Å². The Bertz CT molecular complexity index is 640. The summed E-state index contributed by atoms with van der Waals surface area (Å²) in [5, 5.41) is 19.5. The van der Waals surface area contributed by atoms with E-state index in [2.05, 4.69) is 4.90 Å². The minimum atomic E-state index is -0.747. The van der Waals surface area contributed by atoms with E-state index in [1.165, 1.54) is 12.1 Å². The van der Waals surface area contributed by atoms with E-state index >= 15 is 0 Å². The maximum absolute atomic E-state index is 14.1. The molecule has 8 heteroatoms. The average Bonchev–Trinajstić information content (AvgIpc) is 2.50. The smallest absolute Gasteiger partial charge is 0.303 e. The molecule has 0 atom stereocenters. The molecule has 0 bridgehead atoms. The normalized spacial score (nSPS) is 20.0. The van der Waals surface area contributed by atoms with Gasteiger partial charge in [0.15, 0.2) is 5.82 Å². The summed E-state index contributed by atoms with van der Waals surface area (Å²) in [6.45, 7) is 3.03. The van der Waals surface area contributed by atoms with E-state index in [1.807, 2.05) is 4.90 Å². The summed E-state index contributed by atoms with van der Waals surface area (Å²) in [7, 11) is 0. The fourth-order valence-corrected chi connectivity index (χ4v) is 3.62. The second kappa shape index (κ2) is 6.72. The Kier molecular flexibility index (Phi) is 4.66. The predicted molar refractivity (Wildman–Crippen MR) is 85.6 cm³/mol. The van der Waals surface area contributed by atoms with Crippen LogP contribution in [-0.4, -0.2) is 53.1 Å². The number of aliphatic carboxylic acids is 1. The predicted octanol–water partition coefficient (Wildman–Crippen LogP) is 2.11. The number of likely N-dealkylation sites (tertiary alicyclic amines) is 1. The number of hydrogen-bond donors (Lipinski definition) is 1. The minimum Gasteiger partial charge on any atom is -0.481 e. The lowest BCUT2D eigenvalue weighted by molar-refractivity contribution is -0.385. The van der Waals surface area contributed by atoms with E-state index in [0.717, 1.165) is 32.0 Å². The van der Waals surface area contributed by atoms with E-state index in [1.54, 1.807) is 0 Å². The van der Waals surface area contributed by atoms with Crippen molar-refractivity contribution in [3.63, 3.8) is 0 Å². The molecule has 0 unspecified atom stereocenters. The van der Waals surface area contributed by atoms with Gasteiger partial charge in [-0.05, 0) is 24.8 Å². The van der Waals surface area contributed by atoms with Crippen LogP contribution in [0.5, 0.6) is 0 Å². The Morgan fingerprint density at radius 3 is 2.54 bits per heavy atom. The third-order valence-electron chi connectivity index (χ3n) is 4.91. The summed E-state index contributed by atoms with van der Waals surface area (Å²) >= 11 is 0. The zero-order valence-electron chi connectivity index (χ0n) is 13.2. The number of non-ortho nitro benzene ring substituents is 1. The molecule has 0 aromatic heterocycles. The maximum atomic E-state index is 14.1. The van der Waals surface area contributed by atoms with Gasteiger partial charge in [-0.15, -0.1) is 0 Å². The zero-order chi connectivity index (χ0) is 17.3. The third-order valence-corrected chi connectivity index (χ3v) is 4.91. The van der Waals surface area contributed by atoms with Crippen LogP contribution in [0, 0.1) is 21.8 Å². The molecule has 2 fully saturated rings. The van der Waals surface area contributed by atoms with Gasteiger partial charge in [0.2, 0.25) is 0 Å². The molecule has 0 radical (unpaired) electrons. The Morgan fingerprint density at radius 1 is 1.33 bits per heavy atom. The van der Waals surface area contributed by atoms with Gasteiger partial charge in [0.1, 0.15) is 0 Å². The van der Waals surface area contributed by atoms with E-state index in [9.17, 15) is 19.3 Å². The summed E-state index contributed by atoms with van der Waals surface area (Å²) < 4.78 is 14.1. The molecule has 2 heterocycles. The molecule has 0 spiro atoms. The van der Waals surface area contributed by atoms with Crippen LogP contribution in [0.25, 0.3) is 0 Å². The Morgan fingerprint density at radius 2 is 2.00 bits per heavy atom. The fraction of sp³-hybridized carbons (Fsp3) is 0.562. The highest BCUT2D eigenvalue weighted by Crippen LogP contribution is 2.30. The molecule has 0 amide bonds. The van der Waals surface area contributed by atoms with Gasteiger partial charge in [0.05, 0.1) is 23.1 Å². The van der Waals surface area contributed by atoms with Crippen LogP contribution in [0.3, 0.4) is 0 Å². The topological polar surface area (TPSA) is 86.9 Å². The number of nitro benzene ring substituents is 1. The van der Waals surface area contributed by atoms with Crippen LogP contribution < -0.4 is 4.90 Å². The van der Waals surface area contributed by atoms with Gasteiger partial charge in [0.25, 0.3) is 5.69 Å². The average molecular weight is 337 g/mol. The number of carbonyl (C=O) groups is 1. The number of rotatable bonds is 5. The molecule has 2 saturated heterocycles. The number of benzene rings is 1. The first-order valence-electron chi connectivity index (χ1n) is 8.09. The molecule has 2 aliphatic heterocycles. The molecule has 1 N–H and O–H groups in total. The quantitative estimate of drug-likeness (QED) is 0.654. The van der Waals surface area contributed by atoms with Crippen LogP contribution in [0.4, 0.5) is 15.8 Å². The monoisotopic (exact) mass is 337 g/mol. The van der Waals surface area contributed by atoms with Crippen LogP contribution in [0.15, 0.2) is 18.2 Å². The lowest BCUT2D eigenvalue weighted by atomic mass is 9.91. The number of carboxylic acid groups (broad SMARTS) is 1. The van der Waals surface area contributed by atoms with Gasteiger partial charge in [-0.3, -0.25) is 19.8 Å². The Labute approximate surface area is 138 Å². The molecule has 1 aromatic rings. The van der Waals surface area contributed by atoms with Gasteiger partial charge in [0, 0.05) is 38.3 Å². The third kappa shape index (κ3) is 3.48. The van der Waals surface area contributed by atoms with Gasteiger partial charge in [-0.2, -0.15) is 0 Å². The van der Waals surface area contributed by atoms with E-state index in [4.69, 9.17) is 5.11 Å². The van der Waals surface area contributed by atoms with Crippen LogP contribution >= 0.6 is 0 Å². The lowest BCUT2D eigenvalue weighted by Gasteiger charge is -2.47. The molecule has 24 heavy (non-hydrogen) atoms. The van der Waals surface area contributed by atoms with Crippen molar-refractivity contribution in [3.8, 4) is 0 Å². The highest BCUT2D eigenvalue weighted by molar-refractivity contribution is 5.67. The second-order valence-electron chi connectivity index (χ2n) is 6.53. The molecular weight excluding hydrogens is 317 g/mol. The molecule has 2 aliphatic rings. The number of anilines is 1. The van der Waals surface area contributed by atoms with Crippen molar-refractivity contribution in [2.45, 2.75) is 25.3 Å². The fourth-order valence-electron chi connectivity index (χ4n) is 3.62. The molecule has 0 saturated carbocycles. The number of halogens is 1. The summed E-state index contributed by atoms with van der Waals surface area (Å²) in [5.74, 6) is -1.07. The molecular formula is C16H20FN3O4. The van der Waals surface area contributed by atoms with Crippen LogP contribution in [0.2, 0.25) is 0 Å². The summed E-state index contributed by atoms with van der Waals surface area (Å²) in [5.41, 5.74) is 0.169. The Balaban J connectivity index is 1.53. The molecule has 1 aromatic carbocycles. The molecule has 130 valence electrons. The van der Waals surface area contributed by atoms with Crippen molar-refractivity contribution in [2.24, 2.45) is 5.92 Å². The van der Waals surface area contributed by atoms with Crippen molar-refractivity contribution >= 4 is 17.3 Å². The van der Waals surface area contributed by atoms with Crippen molar-refractivity contribution in [1.82, 2.24) is 4.90 Å². The van der Waals surface area contributed by atoms with Gasteiger partial charge in [-0.1, -0.05) is 0 Å². The second-order valence-corrected chi connectivity index (χ2v) is 6.53. The SMILES string of the molecule is O=C(O)CC1CN(C2CCN(c3ccc([N+](=O)[O-])cc3F)CC2)C1. The van der Waals surface area contributed by atoms with E-state index in [-0.39, 0.29) is 18.0 Å².